The fourth-order valence-corrected chi connectivity index (χ4v) is 6.96. The van der Waals surface area contributed by atoms with Gasteiger partial charge in [0.2, 0.25) is 6.33 Å². The fourth-order valence-electron chi connectivity index (χ4n) is 5.00. The largest absolute Gasteiger partial charge is 1.00 e. The third-order valence-corrected chi connectivity index (χ3v) is 9.31. The topological polar surface area (TPSA) is 12.1 Å². The Labute approximate surface area is 253 Å². The molecular weight excluding hydrogens is 570 g/mol. The Morgan fingerprint density at radius 3 is 1.66 bits per heavy atom. The van der Waals surface area contributed by atoms with E-state index in [4.69, 9.17) is 0 Å². The van der Waals surface area contributed by atoms with E-state index in [0.717, 1.165) is 6.54 Å². The van der Waals surface area contributed by atoms with E-state index in [0.29, 0.717) is 0 Å². The second kappa shape index (κ2) is 20.0. The summed E-state index contributed by atoms with van der Waals surface area (Å²) in [6, 6.07) is 4.73. The first-order valence-electron chi connectivity index (χ1n) is 14.7. The number of nitrogens with zero attached hydrogens (tertiary/aromatic N) is 3. The van der Waals surface area contributed by atoms with Gasteiger partial charge in [0.15, 0.2) is 0 Å². The molecule has 0 unspecified atom stereocenters. The molecule has 0 N–H and O–H groups in total. The zero-order chi connectivity index (χ0) is 27.0. The number of imidazole rings is 1. The van der Waals surface area contributed by atoms with E-state index >= 15 is 0 Å². The molecular formula is C32H54BrN3S2. The zero-order valence-corrected chi connectivity index (χ0v) is 28.5. The van der Waals surface area contributed by atoms with Crippen LogP contribution in [0.15, 0.2) is 30.9 Å². The van der Waals surface area contributed by atoms with Crippen LogP contribution in [-0.4, -0.2) is 29.1 Å². The summed E-state index contributed by atoms with van der Waals surface area (Å²) in [5.41, 5.74) is 3.15. The molecule has 6 heteroatoms. The maximum atomic E-state index is 2.52. The summed E-state index contributed by atoms with van der Waals surface area (Å²) < 4.78 is 4.37. The van der Waals surface area contributed by atoms with Crippen molar-refractivity contribution in [3.63, 3.8) is 0 Å². The summed E-state index contributed by atoms with van der Waals surface area (Å²) in [7, 11) is 2.07. The third kappa shape index (κ3) is 13.9. The Balaban J connectivity index is 0.000000371. The molecule has 0 aliphatic heterocycles. The number of aryl methyl sites for hydroxylation is 8. The van der Waals surface area contributed by atoms with Crippen molar-refractivity contribution in [3.8, 4) is 0 Å². The van der Waals surface area contributed by atoms with Crippen molar-refractivity contribution in [1.82, 2.24) is 9.47 Å². The lowest BCUT2D eigenvalue weighted by molar-refractivity contribution is -0.671. The van der Waals surface area contributed by atoms with Crippen LogP contribution in [0.3, 0.4) is 0 Å². The molecule has 0 bridgehead atoms. The van der Waals surface area contributed by atoms with Crippen molar-refractivity contribution >= 4 is 22.7 Å². The van der Waals surface area contributed by atoms with Gasteiger partial charge in [0.05, 0.1) is 13.6 Å². The van der Waals surface area contributed by atoms with E-state index < -0.39 is 0 Å². The van der Waals surface area contributed by atoms with Gasteiger partial charge in [-0.1, -0.05) is 33.1 Å². The lowest BCUT2D eigenvalue weighted by Crippen LogP contribution is -3.00. The highest BCUT2D eigenvalue weighted by atomic mass is 79.9. The number of halogens is 1. The van der Waals surface area contributed by atoms with Gasteiger partial charge < -0.3 is 21.9 Å². The Morgan fingerprint density at radius 2 is 1.24 bits per heavy atom. The first-order chi connectivity index (χ1) is 17.8. The number of hydrogen-bond donors (Lipinski definition) is 0. The van der Waals surface area contributed by atoms with Crippen LogP contribution in [0.25, 0.3) is 0 Å². The van der Waals surface area contributed by atoms with Crippen molar-refractivity contribution in [2.75, 3.05) is 19.6 Å². The van der Waals surface area contributed by atoms with Crippen LogP contribution >= 0.6 is 22.7 Å². The van der Waals surface area contributed by atoms with Crippen molar-refractivity contribution in [2.45, 2.75) is 112 Å². The fraction of sp³-hybridized carbons (Fsp3) is 0.656. The molecule has 216 valence electrons. The van der Waals surface area contributed by atoms with Crippen LogP contribution in [0.5, 0.6) is 0 Å². The molecule has 0 amide bonds. The molecule has 0 spiro atoms. The summed E-state index contributed by atoms with van der Waals surface area (Å²) in [6.45, 7) is 18.3. The van der Waals surface area contributed by atoms with Gasteiger partial charge in [-0.15, -0.1) is 22.7 Å². The molecule has 3 aromatic heterocycles. The van der Waals surface area contributed by atoms with Crippen LogP contribution < -0.4 is 21.5 Å². The highest BCUT2D eigenvalue weighted by Gasteiger charge is 2.04. The molecule has 3 rings (SSSR count). The predicted molar refractivity (Wildman–Crippen MR) is 165 cm³/mol. The molecule has 0 aromatic carbocycles. The summed E-state index contributed by atoms with van der Waals surface area (Å²) >= 11 is 3.87. The van der Waals surface area contributed by atoms with Gasteiger partial charge in [0, 0.05) is 19.5 Å². The highest BCUT2D eigenvalue weighted by molar-refractivity contribution is 7.12. The highest BCUT2D eigenvalue weighted by Crippen LogP contribution is 2.23. The van der Waals surface area contributed by atoms with Crippen LogP contribution in [-0.2, 0) is 26.4 Å². The average molecular weight is 625 g/mol. The van der Waals surface area contributed by atoms with E-state index in [9.17, 15) is 0 Å². The van der Waals surface area contributed by atoms with Gasteiger partial charge in [0.25, 0.3) is 0 Å². The lowest BCUT2D eigenvalue weighted by Gasteiger charge is -2.17. The van der Waals surface area contributed by atoms with E-state index in [-0.39, 0.29) is 17.0 Å². The van der Waals surface area contributed by atoms with Crippen LogP contribution in [0.4, 0.5) is 0 Å². The number of rotatable bonds is 16. The van der Waals surface area contributed by atoms with Gasteiger partial charge in [-0.25, -0.2) is 9.13 Å². The number of aromatic nitrogens is 2. The van der Waals surface area contributed by atoms with Gasteiger partial charge in [-0.2, -0.15) is 0 Å². The molecule has 0 saturated carbocycles. The second-order valence-electron chi connectivity index (χ2n) is 10.5. The maximum Gasteiger partial charge on any atom is 0.243 e. The van der Waals surface area contributed by atoms with Gasteiger partial charge >= 0.3 is 0 Å². The zero-order valence-electron chi connectivity index (χ0n) is 25.3. The van der Waals surface area contributed by atoms with Crippen LogP contribution in [0, 0.1) is 27.7 Å². The smallest absolute Gasteiger partial charge is 0.243 e. The minimum Gasteiger partial charge on any atom is -1.00 e. The van der Waals surface area contributed by atoms with E-state index in [1.54, 1.807) is 11.1 Å². The van der Waals surface area contributed by atoms with Crippen molar-refractivity contribution in [1.29, 1.82) is 0 Å². The molecule has 3 nitrogen and oxygen atoms in total. The Kier molecular flexibility index (Phi) is 18.5. The summed E-state index contributed by atoms with van der Waals surface area (Å²) in [5, 5.41) is 0. The normalized spacial score (nSPS) is 10.9. The maximum absolute atomic E-state index is 2.52. The second-order valence-corrected chi connectivity index (χ2v) is 13.5. The number of hydrogen-bond acceptors (Lipinski definition) is 3. The minimum absolute atomic E-state index is 0. The summed E-state index contributed by atoms with van der Waals surface area (Å²) in [6.07, 6.45) is 19.7. The molecule has 0 aliphatic rings. The van der Waals surface area contributed by atoms with Crippen molar-refractivity contribution < 1.29 is 21.5 Å². The molecule has 0 radical (unpaired) electrons. The molecule has 3 aromatic rings. The Morgan fingerprint density at radius 1 is 0.737 bits per heavy atom. The Hall–Kier alpha value is -0.950. The molecule has 38 heavy (non-hydrogen) atoms. The monoisotopic (exact) mass is 623 g/mol. The van der Waals surface area contributed by atoms with E-state index in [1.165, 1.54) is 103 Å². The molecule has 3 heterocycles. The summed E-state index contributed by atoms with van der Waals surface area (Å²) in [4.78, 5) is 8.47. The quantitative estimate of drug-likeness (QED) is 0.149. The SMILES string of the molecule is CCN(CC)CCCCCCc1cc(C)sc1C.Cc1cc(CCCCCCn2cc[n+](C)c2)c(C)s1.[Br-]. The Bertz CT molecular complexity index is 1000. The van der Waals surface area contributed by atoms with Crippen LogP contribution in [0.2, 0.25) is 0 Å². The van der Waals surface area contributed by atoms with Gasteiger partial charge in [-0.05, 0) is 116 Å². The predicted octanol–water partition coefficient (Wildman–Crippen LogP) is 5.61. The molecule has 0 saturated heterocycles. The molecule has 0 fully saturated rings. The average Bonchev–Trinajstić information content (AvgIpc) is 3.53. The first-order valence-corrected chi connectivity index (χ1v) is 16.3. The molecule has 0 aliphatic carbocycles. The number of unbranched alkanes of at least 4 members (excludes halogenated alkanes) is 6. The summed E-state index contributed by atoms with van der Waals surface area (Å²) in [5.74, 6) is 0. The van der Waals surface area contributed by atoms with Gasteiger partial charge in [0.1, 0.15) is 12.4 Å². The van der Waals surface area contributed by atoms with Crippen molar-refractivity contribution in [3.05, 3.63) is 61.5 Å². The standard InChI is InChI=1S/C16H25N2S.C16H29NS.BrH/c1-14-12-16(15(2)19-14)8-6-4-5-7-9-18-11-10-17(3)13-18;1-5-17(6-2)12-10-8-7-9-11-16-13-14(3)18-15(16)4;/h10-13H,4-9H2,1-3H3;13H,5-12H2,1-4H3;1H/q+1;;/p-1. The van der Waals surface area contributed by atoms with Crippen molar-refractivity contribution in [2.24, 2.45) is 7.05 Å². The van der Waals surface area contributed by atoms with Crippen LogP contribution in [0.1, 0.15) is 95.8 Å². The first kappa shape index (κ1) is 35.1. The van der Waals surface area contributed by atoms with E-state index in [1.807, 2.05) is 22.7 Å². The lowest BCUT2D eigenvalue weighted by atomic mass is 10.1. The third-order valence-electron chi connectivity index (χ3n) is 7.29. The van der Waals surface area contributed by atoms with Gasteiger partial charge in [-0.3, -0.25) is 0 Å². The molecule has 0 atom stereocenters. The van der Waals surface area contributed by atoms with E-state index in [2.05, 4.69) is 93.5 Å². The number of thiophene rings is 2. The minimum atomic E-state index is 0.